The summed E-state index contributed by atoms with van der Waals surface area (Å²) in [5.74, 6) is -0.466. The predicted molar refractivity (Wildman–Crippen MR) is 77.8 cm³/mol. The Morgan fingerprint density at radius 1 is 1.40 bits per heavy atom. The summed E-state index contributed by atoms with van der Waals surface area (Å²) in [7, 11) is 0. The summed E-state index contributed by atoms with van der Waals surface area (Å²) < 4.78 is 0. The molecule has 0 bridgehead atoms. The Bertz CT molecular complexity index is 663. The zero-order valence-corrected chi connectivity index (χ0v) is 11.3. The first kappa shape index (κ1) is 14.3. The maximum absolute atomic E-state index is 12.2. The highest BCUT2D eigenvalue weighted by atomic mass is 16.3. The van der Waals surface area contributed by atoms with Crippen LogP contribution >= 0.6 is 0 Å². The van der Waals surface area contributed by atoms with E-state index in [1.165, 1.54) is 6.20 Å². The monoisotopic (exact) mass is 274 g/mol. The fourth-order valence-electron chi connectivity index (χ4n) is 2.08. The number of benzene rings is 1. The van der Waals surface area contributed by atoms with E-state index in [2.05, 4.69) is 10.3 Å². The quantitative estimate of drug-likeness (QED) is 0.771. The van der Waals surface area contributed by atoms with Crippen LogP contribution in [0.15, 0.2) is 35.3 Å². The summed E-state index contributed by atoms with van der Waals surface area (Å²) in [5.41, 5.74) is 0.453. The number of amides is 1. The van der Waals surface area contributed by atoms with Gasteiger partial charge < -0.3 is 15.4 Å². The number of para-hydroxylation sites is 1. The number of pyridine rings is 1. The Labute approximate surface area is 116 Å². The van der Waals surface area contributed by atoms with Crippen molar-refractivity contribution in [3.05, 3.63) is 46.2 Å². The van der Waals surface area contributed by atoms with Crippen molar-refractivity contribution >= 4 is 16.8 Å². The Balaban J connectivity index is 2.18. The minimum absolute atomic E-state index is 0.0624. The van der Waals surface area contributed by atoms with Gasteiger partial charge in [0.15, 0.2) is 0 Å². The van der Waals surface area contributed by atoms with Crippen molar-refractivity contribution in [3.8, 4) is 0 Å². The van der Waals surface area contributed by atoms with Crippen molar-refractivity contribution < 1.29 is 9.90 Å². The smallest absolute Gasteiger partial charge is 0.256 e. The molecule has 0 radical (unpaired) electrons. The van der Waals surface area contributed by atoms with Crippen LogP contribution in [0.3, 0.4) is 0 Å². The van der Waals surface area contributed by atoms with Crippen LogP contribution in [-0.2, 0) is 0 Å². The molecule has 0 saturated carbocycles. The molecule has 0 aliphatic carbocycles. The molecule has 0 aliphatic rings. The predicted octanol–water partition coefficient (Wildman–Crippen LogP) is 1.42. The molecule has 3 N–H and O–H groups in total. The van der Waals surface area contributed by atoms with Gasteiger partial charge in [-0.25, -0.2) is 0 Å². The summed E-state index contributed by atoms with van der Waals surface area (Å²) in [5, 5.41) is 12.6. The number of hydrogen-bond acceptors (Lipinski definition) is 3. The Kier molecular flexibility index (Phi) is 4.53. The first-order valence-corrected chi connectivity index (χ1v) is 6.70. The number of carbonyl (C=O) groups is 1. The molecule has 0 spiro atoms. The number of aliphatic hydroxyl groups excluding tert-OH is 1. The van der Waals surface area contributed by atoms with E-state index in [1.807, 2.05) is 13.0 Å². The summed E-state index contributed by atoms with van der Waals surface area (Å²) >= 11 is 0. The molecule has 1 aromatic carbocycles. The number of aliphatic hydroxyl groups is 1. The molecule has 5 nitrogen and oxygen atoms in total. The number of carbonyl (C=O) groups excluding carboxylic acids is 1. The van der Waals surface area contributed by atoms with Crippen molar-refractivity contribution in [3.63, 3.8) is 0 Å². The van der Waals surface area contributed by atoms with Gasteiger partial charge >= 0.3 is 0 Å². The lowest BCUT2D eigenvalue weighted by Crippen LogP contribution is -2.34. The van der Waals surface area contributed by atoms with Crippen LogP contribution in [-0.4, -0.2) is 28.6 Å². The second-order valence-electron chi connectivity index (χ2n) is 4.73. The molecule has 1 atom stereocenters. The van der Waals surface area contributed by atoms with Crippen molar-refractivity contribution in [2.24, 2.45) is 0 Å². The molecular formula is C15H18N2O3. The van der Waals surface area contributed by atoms with Gasteiger partial charge in [-0.2, -0.15) is 0 Å². The zero-order chi connectivity index (χ0) is 14.5. The van der Waals surface area contributed by atoms with Crippen molar-refractivity contribution in [2.75, 3.05) is 6.54 Å². The molecule has 5 heteroatoms. The lowest BCUT2D eigenvalue weighted by atomic mass is 10.1. The number of aromatic amines is 1. The number of fused-ring (bicyclic) bond motifs is 1. The molecule has 1 unspecified atom stereocenters. The number of nitrogens with one attached hydrogen (secondary N) is 2. The second kappa shape index (κ2) is 6.34. The topological polar surface area (TPSA) is 82.2 Å². The molecule has 0 fully saturated rings. The van der Waals surface area contributed by atoms with Crippen LogP contribution in [0.5, 0.6) is 0 Å². The SMILES string of the molecule is CCCC(O)CNC(=O)c1c[nH]c2ccccc2c1=O. The molecule has 1 heterocycles. The van der Waals surface area contributed by atoms with Crippen LogP contribution in [0.2, 0.25) is 0 Å². The lowest BCUT2D eigenvalue weighted by molar-refractivity contribution is 0.0909. The normalized spacial score (nSPS) is 12.3. The first-order chi connectivity index (χ1) is 9.63. The Morgan fingerprint density at radius 3 is 2.90 bits per heavy atom. The highest BCUT2D eigenvalue weighted by Gasteiger charge is 2.13. The average Bonchev–Trinajstić information content (AvgIpc) is 2.46. The van der Waals surface area contributed by atoms with E-state index in [4.69, 9.17) is 0 Å². The van der Waals surface area contributed by atoms with Gasteiger partial charge in [0.25, 0.3) is 5.91 Å². The van der Waals surface area contributed by atoms with Crippen LogP contribution in [0, 0.1) is 0 Å². The van der Waals surface area contributed by atoms with Gasteiger partial charge in [0.2, 0.25) is 5.43 Å². The van der Waals surface area contributed by atoms with E-state index in [0.29, 0.717) is 17.3 Å². The molecule has 1 amide bonds. The second-order valence-corrected chi connectivity index (χ2v) is 4.73. The molecule has 106 valence electrons. The Hall–Kier alpha value is -2.14. The van der Waals surface area contributed by atoms with Crippen molar-refractivity contribution in [1.82, 2.24) is 10.3 Å². The van der Waals surface area contributed by atoms with E-state index in [-0.39, 0.29) is 17.5 Å². The number of aromatic nitrogens is 1. The molecule has 0 saturated heterocycles. The fraction of sp³-hybridized carbons (Fsp3) is 0.333. The minimum atomic E-state index is -0.580. The highest BCUT2D eigenvalue weighted by molar-refractivity contribution is 5.97. The van der Waals surface area contributed by atoms with Crippen LogP contribution in [0.25, 0.3) is 10.9 Å². The number of H-pyrrole nitrogens is 1. The summed E-state index contributed by atoms with van der Waals surface area (Å²) in [4.78, 5) is 27.1. The molecular weight excluding hydrogens is 256 g/mol. The van der Waals surface area contributed by atoms with Gasteiger partial charge in [0.05, 0.1) is 6.10 Å². The molecule has 20 heavy (non-hydrogen) atoms. The number of hydrogen-bond donors (Lipinski definition) is 3. The van der Waals surface area contributed by atoms with E-state index in [9.17, 15) is 14.7 Å². The van der Waals surface area contributed by atoms with Gasteiger partial charge in [-0.05, 0) is 18.6 Å². The minimum Gasteiger partial charge on any atom is -0.391 e. The van der Waals surface area contributed by atoms with E-state index < -0.39 is 12.0 Å². The van der Waals surface area contributed by atoms with Gasteiger partial charge in [0, 0.05) is 23.6 Å². The summed E-state index contributed by atoms with van der Waals surface area (Å²) in [6.07, 6.45) is 2.29. The standard InChI is InChI=1S/C15H18N2O3/c1-2-5-10(18)8-17-15(20)12-9-16-13-7-4-3-6-11(13)14(12)19/h3-4,6-7,9-10,18H,2,5,8H2,1H3,(H,16,19)(H,17,20). The van der Waals surface area contributed by atoms with E-state index >= 15 is 0 Å². The highest BCUT2D eigenvalue weighted by Crippen LogP contribution is 2.07. The fourth-order valence-corrected chi connectivity index (χ4v) is 2.08. The summed E-state index contributed by atoms with van der Waals surface area (Å²) in [6, 6.07) is 7.03. The van der Waals surface area contributed by atoms with Crippen molar-refractivity contribution in [2.45, 2.75) is 25.9 Å². The third-order valence-corrected chi connectivity index (χ3v) is 3.15. The van der Waals surface area contributed by atoms with Gasteiger partial charge in [0.1, 0.15) is 5.56 Å². The lowest BCUT2D eigenvalue weighted by Gasteiger charge is -2.10. The zero-order valence-electron chi connectivity index (χ0n) is 11.3. The van der Waals surface area contributed by atoms with Gasteiger partial charge in [-0.1, -0.05) is 25.5 Å². The maximum atomic E-state index is 12.2. The summed E-state index contributed by atoms with van der Waals surface area (Å²) in [6.45, 7) is 2.11. The average molecular weight is 274 g/mol. The largest absolute Gasteiger partial charge is 0.391 e. The van der Waals surface area contributed by atoms with Crippen LogP contribution < -0.4 is 10.7 Å². The van der Waals surface area contributed by atoms with Gasteiger partial charge in [-0.3, -0.25) is 9.59 Å². The molecule has 2 aromatic rings. The van der Waals surface area contributed by atoms with Gasteiger partial charge in [-0.15, -0.1) is 0 Å². The molecule has 1 aromatic heterocycles. The Morgan fingerprint density at radius 2 is 2.15 bits per heavy atom. The van der Waals surface area contributed by atoms with E-state index in [0.717, 1.165) is 6.42 Å². The molecule has 2 rings (SSSR count). The van der Waals surface area contributed by atoms with E-state index in [1.54, 1.807) is 18.2 Å². The maximum Gasteiger partial charge on any atom is 0.256 e. The third kappa shape index (κ3) is 3.05. The number of rotatable bonds is 5. The van der Waals surface area contributed by atoms with Crippen LogP contribution in [0.4, 0.5) is 0 Å². The first-order valence-electron chi connectivity index (χ1n) is 6.70. The van der Waals surface area contributed by atoms with Crippen LogP contribution in [0.1, 0.15) is 30.1 Å². The third-order valence-electron chi connectivity index (χ3n) is 3.15. The van der Waals surface area contributed by atoms with Crippen molar-refractivity contribution in [1.29, 1.82) is 0 Å². The molecule has 0 aliphatic heterocycles.